The van der Waals surface area contributed by atoms with Crippen molar-refractivity contribution < 1.29 is 42.7 Å². The lowest BCUT2D eigenvalue weighted by Crippen LogP contribution is -2.29. The third-order valence-electron chi connectivity index (χ3n) is 8.32. The van der Waals surface area contributed by atoms with Crippen LogP contribution in [0.5, 0.6) is 0 Å². The molecule has 0 aliphatic carbocycles. The molecule has 0 amide bonds. The molecule has 0 radical (unpaired) electrons. The van der Waals surface area contributed by atoms with Crippen molar-refractivity contribution in [1.82, 2.24) is 0 Å². The van der Waals surface area contributed by atoms with Crippen molar-refractivity contribution in [1.29, 1.82) is 0 Å². The first-order valence-electron chi connectivity index (χ1n) is 20.2. The molecule has 1 unspecified atom stereocenters. The van der Waals surface area contributed by atoms with E-state index in [1.54, 1.807) is 12.2 Å². The third kappa shape index (κ3) is 36.3. The van der Waals surface area contributed by atoms with Crippen LogP contribution in [0.1, 0.15) is 162 Å². The molecule has 0 heterocycles. The molecule has 3 atom stereocenters. The van der Waals surface area contributed by atoms with Crippen molar-refractivity contribution >= 4 is 19.8 Å². The first-order chi connectivity index (χ1) is 25.2. The van der Waals surface area contributed by atoms with E-state index in [4.69, 9.17) is 24.3 Å². The molecule has 10 nitrogen and oxygen atoms in total. The lowest BCUT2D eigenvalue weighted by molar-refractivity contribution is -0.161. The topological polar surface area (TPSA) is 155 Å². The maximum atomic E-state index is 12.5. The zero-order valence-electron chi connectivity index (χ0n) is 32.6. The first kappa shape index (κ1) is 49.9. The van der Waals surface area contributed by atoms with Gasteiger partial charge in [0.15, 0.2) is 6.10 Å². The van der Waals surface area contributed by atoms with E-state index in [0.717, 1.165) is 38.5 Å². The van der Waals surface area contributed by atoms with Gasteiger partial charge in [-0.05, 0) is 44.9 Å². The van der Waals surface area contributed by atoms with Gasteiger partial charge in [-0.2, -0.15) is 0 Å². The Morgan fingerprint density at radius 2 is 1.23 bits per heavy atom. The van der Waals surface area contributed by atoms with Crippen LogP contribution in [0.4, 0.5) is 0 Å². The number of carbonyl (C=O) groups is 2. The Kier molecular flexibility index (Phi) is 35.8. The first-order valence-corrected chi connectivity index (χ1v) is 21.7. The van der Waals surface area contributed by atoms with Gasteiger partial charge < -0.3 is 25.2 Å². The number of rotatable bonds is 37. The summed E-state index contributed by atoms with van der Waals surface area (Å²) in [7, 11) is -4.42. The number of aliphatic hydroxyl groups is 1. The van der Waals surface area contributed by atoms with Crippen LogP contribution >= 0.6 is 7.82 Å². The molecule has 302 valence electrons. The Labute approximate surface area is 316 Å². The quantitative estimate of drug-likeness (QED) is 0.0183. The SMILES string of the molecule is CCCCC/C=C\C/C=C\C/C=C\C=C\[C@@H](O)CCCC(=O)OC[C@H](COP(=O)(O)OCCN)OC(=O)CCCCCCCCCCCCCCC. The predicted octanol–water partition coefficient (Wildman–Crippen LogP) is 10.1. The van der Waals surface area contributed by atoms with Gasteiger partial charge in [-0.25, -0.2) is 4.57 Å². The number of allylic oxidation sites excluding steroid dienone is 7. The van der Waals surface area contributed by atoms with E-state index in [2.05, 4.69) is 38.2 Å². The Morgan fingerprint density at radius 1 is 0.673 bits per heavy atom. The summed E-state index contributed by atoms with van der Waals surface area (Å²) in [6.45, 7) is 3.47. The minimum absolute atomic E-state index is 0.0272. The van der Waals surface area contributed by atoms with Crippen molar-refractivity contribution in [3.8, 4) is 0 Å². The van der Waals surface area contributed by atoms with Gasteiger partial charge in [0.05, 0.1) is 19.3 Å². The van der Waals surface area contributed by atoms with Gasteiger partial charge in [-0.1, -0.05) is 152 Å². The van der Waals surface area contributed by atoms with E-state index in [9.17, 15) is 24.2 Å². The number of esters is 2. The molecule has 52 heavy (non-hydrogen) atoms. The molecule has 0 saturated carbocycles. The molecule has 0 saturated heterocycles. The van der Waals surface area contributed by atoms with E-state index >= 15 is 0 Å². The molecule has 0 aromatic rings. The summed E-state index contributed by atoms with van der Waals surface area (Å²) >= 11 is 0. The zero-order valence-corrected chi connectivity index (χ0v) is 33.5. The number of unbranched alkanes of at least 4 members (excludes halogenated alkanes) is 15. The average molecular weight is 756 g/mol. The van der Waals surface area contributed by atoms with Crippen LogP contribution in [0.3, 0.4) is 0 Å². The number of hydrogen-bond acceptors (Lipinski definition) is 9. The second-order valence-corrected chi connectivity index (χ2v) is 14.8. The molecule has 0 aromatic heterocycles. The van der Waals surface area contributed by atoms with Crippen LogP contribution in [0.15, 0.2) is 48.6 Å². The predicted molar refractivity (Wildman–Crippen MR) is 212 cm³/mol. The minimum Gasteiger partial charge on any atom is -0.462 e. The van der Waals surface area contributed by atoms with Gasteiger partial charge >= 0.3 is 19.8 Å². The molecular weight excluding hydrogens is 681 g/mol. The van der Waals surface area contributed by atoms with Gasteiger partial charge in [0.1, 0.15) is 6.61 Å². The number of hydrogen-bond donors (Lipinski definition) is 3. The normalized spacial score (nSPS) is 14.5. The highest BCUT2D eigenvalue weighted by Crippen LogP contribution is 2.43. The highest BCUT2D eigenvalue weighted by Gasteiger charge is 2.26. The lowest BCUT2D eigenvalue weighted by Gasteiger charge is -2.20. The van der Waals surface area contributed by atoms with Crippen molar-refractivity contribution in [2.24, 2.45) is 5.73 Å². The van der Waals surface area contributed by atoms with Crippen molar-refractivity contribution in [2.75, 3.05) is 26.4 Å². The van der Waals surface area contributed by atoms with Gasteiger partial charge in [-0.3, -0.25) is 18.6 Å². The van der Waals surface area contributed by atoms with Crippen molar-refractivity contribution in [3.05, 3.63) is 48.6 Å². The van der Waals surface area contributed by atoms with E-state index in [0.29, 0.717) is 19.3 Å². The second-order valence-electron chi connectivity index (χ2n) is 13.4. The Morgan fingerprint density at radius 3 is 1.87 bits per heavy atom. The molecule has 0 fully saturated rings. The number of aliphatic hydroxyl groups excluding tert-OH is 1. The minimum atomic E-state index is -4.42. The summed E-state index contributed by atoms with van der Waals surface area (Å²) < 4.78 is 32.5. The molecule has 4 N–H and O–H groups in total. The summed E-state index contributed by atoms with van der Waals surface area (Å²) in [5, 5.41) is 10.2. The highest BCUT2D eigenvalue weighted by atomic mass is 31.2. The molecule has 0 spiro atoms. The number of ether oxygens (including phenoxy) is 2. The maximum absolute atomic E-state index is 12.5. The standard InChI is InChI=1S/C41H74NO9P/c1-3-5-7-9-11-13-15-17-19-21-23-25-27-30-38(43)31-29-33-40(44)48-36-39(37-50-52(46,47)49-35-34-42)51-41(45)32-28-26-24-22-20-18-16-14-12-10-8-6-4-2/h11,13,17,19,23,25,27,30,38-39,43H,3-10,12,14-16,18,20-22,24,26,28-29,31-37,42H2,1-2H3,(H,46,47)/b13-11-,19-17-,25-23-,30-27+/t38-,39-/m1/s1. The largest absolute Gasteiger partial charge is 0.472 e. The van der Waals surface area contributed by atoms with Gasteiger partial charge in [-0.15, -0.1) is 0 Å². The Hall–Kier alpha value is -2.07. The molecule has 0 rings (SSSR count). The summed E-state index contributed by atoms with van der Waals surface area (Å²) in [6, 6.07) is 0. The van der Waals surface area contributed by atoms with Crippen LogP contribution < -0.4 is 5.73 Å². The fourth-order valence-corrected chi connectivity index (χ4v) is 6.03. The number of carbonyl (C=O) groups excluding carboxylic acids is 2. The lowest BCUT2D eigenvalue weighted by atomic mass is 10.0. The fraction of sp³-hybridized carbons (Fsp3) is 0.756. The molecule has 0 bridgehead atoms. The van der Waals surface area contributed by atoms with E-state index in [1.165, 1.54) is 77.0 Å². The van der Waals surface area contributed by atoms with Gasteiger partial charge in [0.2, 0.25) is 0 Å². The van der Waals surface area contributed by atoms with Gasteiger partial charge in [0, 0.05) is 19.4 Å². The zero-order chi connectivity index (χ0) is 38.4. The number of phosphoric ester groups is 1. The van der Waals surface area contributed by atoms with E-state index in [-0.39, 0.29) is 32.6 Å². The highest BCUT2D eigenvalue weighted by molar-refractivity contribution is 7.47. The van der Waals surface area contributed by atoms with Crippen LogP contribution in [-0.2, 0) is 32.7 Å². The van der Waals surface area contributed by atoms with Crippen molar-refractivity contribution in [2.45, 2.75) is 174 Å². The molecule has 0 aliphatic rings. The number of nitrogens with two attached hydrogens (primary N) is 1. The number of phosphoric acid groups is 1. The maximum Gasteiger partial charge on any atom is 0.472 e. The van der Waals surface area contributed by atoms with Crippen LogP contribution in [0.2, 0.25) is 0 Å². The Bertz CT molecular complexity index is 1010. The fourth-order valence-electron chi connectivity index (χ4n) is 5.27. The third-order valence-corrected chi connectivity index (χ3v) is 9.31. The summed E-state index contributed by atoms with van der Waals surface area (Å²) in [5.41, 5.74) is 5.32. The monoisotopic (exact) mass is 756 g/mol. The summed E-state index contributed by atoms with van der Waals surface area (Å²) in [4.78, 5) is 34.8. The van der Waals surface area contributed by atoms with E-state index in [1.807, 2.05) is 12.2 Å². The smallest absolute Gasteiger partial charge is 0.462 e. The second kappa shape index (κ2) is 37.3. The Balaban J connectivity index is 4.40. The van der Waals surface area contributed by atoms with Crippen LogP contribution in [0.25, 0.3) is 0 Å². The molecule has 0 aromatic carbocycles. The molecule has 0 aliphatic heterocycles. The average Bonchev–Trinajstić information content (AvgIpc) is 3.12. The van der Waals surface area contributed by atoms with Crippen LogP contribution in [-0.4, -0.2) is 60.5 Å². The van der Waals surface area contributed by atoms with Crippen LogP contribution in [0, 0.1) is 0 Å². The summed E-state index contributed by atoms with van der Waals surface area (Å²) in [6.07, 6.45) is 37.4. The molecular formula is C41H74NO9P. The van der Waals surface area contributed by atoms with Crippen molar-refractivity contribution in [3.63, 3.8) is 0 Å². The summed E-state index contributed by atoms with van der Waals surface area (Å²) in [5.74, 6) is -1.03. The van der Waals surface area contributed by atoms with E-state index < -0.39 is 38.6 Å². The van der Waals surface area contributed by atoms with Gasteiger partial charge in [0.25, 0.3) is 0 Å². The molecule has 11 heteroatoms.